The molecule has 0 spiro atoms. The second kappa shape index (κ2) is 6.98. The van der Waals surface area contributed by atoms with Crippen LogP contribution in [0.3, 0.4) is 0 Å². The van der Waals surface area contributed by atoms with Crippen LogP contribution in [-0.4, -0.2) is 36.9 Å². The number of anilines is 2. The fourth-order valence-electron chi connectivity index (χ4n) is 2.28. The molecule has 0 aromatic heterocycles. The summed E-state index contributed by atoms with van der Waals surface area (Å²) in [5, 5.41) is 0. The fourth-order valence-corrected chi connectivity index (χ4v) is 3.60. The van der Waals surface area contributed by atoms with Gasteiger partial charge in [0.15, 0.2) is 0 Å². The first kappa shape index (κ1) is 18.5. The van der Waals surface area contributed by atoms with Crippen LogP contribution in [0.5, 0.6) is 23.0 Å². The smallest absolute Gasteiger partial charge is 0.207 e. The molecule has 0 aliphatic carbocycles. The first-order chi connectivity index (χ1) is 11.8. The molecule has 2 aromatic carbocycles. The lowest BCUT2D eigenvalue weighted by Gasteiger charge is -2.15. The number of hydrogen-bond donors (Lipinski definition) is 2. The molecule has 0 amide bonds. The lowest BCUT2D eigenvalue weighted by atomic mass is 10.2. The van der Waals surface area contributed by atoms with Crippen LogP contribution in [-0.2, 0) is 9.84 Å². The molecule has 0 bridgehead atoms. The largest absolute Gasteiger partial charge is 0.494 e. The van der Waals surface area contributed by atoms with E-state index in [4.69, 9.17) is 30.4 Å². The Bertz CT molecular complexity index is 778. The summed E-state index contributed by atoms with van der Waals surface area (Å²) in [6.45, 7) is 0. The molecular formula is C16H20N2O6S. The van der Waals surface area contributed by atoms with E-state index in [0.717, 1.165) is 0 Å². The molecule has 136 valence electrons. The molecule has 0 atom stereocenters. The van der Waals surface area contributed by atoms with Crippen LogP contribution in [0.25, 0.3) is 0 Å². The molecule has 0 fully saturated rings. The lowest BCUT2D eigenvalue weighted by molar-refractivity contribution is 0.395. The van der Waals surface area contributed by atoms with Crippen molar-refractivity contribution in [1.29, 1.82) is 0 Å². The minimum atomic E-state index is -3.93. The van der Waals surface area contributed by atoms with Crippen LogP contribution >= 0.6 is 0 Å². The molecule has 0 aliphatic rings. The van der Waals surface area contributed by atoms with E-state index in [9.17, 15) is 8.42 Å². The summed E-state index contributed by atoms with van der Waals surface area (Å²) >= 11 is 0. The zero-order valence-electron chi connectivity index (χ0n) is 14.3. The van der Waals surface area contributed by atoms with Crippen LogP contribution in [0, 0.1) is 0 Å². The van der Waals surface area contributed by atoms with Gasteiger partial charge < -0.3 is 30.4 Å². The van der Waals surface area contributed by atoms with Crippen molar-refractivity contribution in [2.45, 2.75) is 9.79 Å². The topological polar surface area (TPSA) is 123 Å². The van der Waals surface area contributed by atoms with Gasteiger partial charge in [-0.25, -0.2) is 8.42 Å². The van der Waals surface area contributed by atoms with Gasteiger partial charge in [-0.3, -0.25) is 0 Å². The predicted octanol–water partition coefficient (Wildman–Crippen LogP) is 1.72. The Morgan fingerprint density at radius 1 is 0.640 bits per heavy atom. The third-order valence-electron chi connectivity index (χ3n) is 3.66. The first-order valence-corrected chi connectivity index (χ1v) is 8.56. The summed E-state index contributed by atoms with van der Waals surface area (Å²) < 4.78 is 46.6. The van der Waals surface area contributed by atoms with Crippen molar-refractivity contribution < 1.29 is 27.4 Å². The molecule has 0 unspecified atom stereocenters. The standard InChI is InChI=1S/C16H20N2O6S/c1-21-11-5-9(6-12(22-2)15(11)17)25(19,20)10-7-13(23-3)16(18)14(8-10)24-4/h5-8H,17-18H2,1-4H3. The van der Waals surface area contributed by atoms with E-state index < -0.39 is 9.84 Å². The molecule has 0 aliphatic heterocycles. The Balaban J connectivity index is 2.71. The van der Waals surface area contributed by atoms with Gasteiger partial charge in [0.25, 0.3) is 0 Å². The maximum Gasteiger partial charge on any atom is 0.207 e. The van der Waals surface area contributed by atoms with Crippen molar-refractivity contribution in [2.24, 2.45) is 0 Å². The highest BCUT2D eigenvalue weighted by atomic mass is 32.2. The molecule has 0 radical (unpaired) electrons. The van der Waals surface area contributed by atoms with Crippen LogP contribution in [0.15, 0.2) is 34.1 Å². The van der Waals surface area contributed by atoms with Crippen LogP contribution in [0.1, 0.15) is 0 Å². The maximum absolute atomic E-state index is 13.0. The Kier molecular flexibility index (Phi) is 5.17. The molecule has 0 saturated carbocycles. The fraction of sp³-hybridized carbons (Fsp3) is 0.250. The van der Waals surface area contributed by atoms with Crippen LogP contribution in [0.2, 0.25) is 0 Å². The van der Waals surface area contributed by atoms with E-state index >= 15 is 0 Å². The molecule has 8 nitrogen and oxygen atoms in total. The van der Waals surface area contributed by atoms with Crippen molar-refractivity contribution in [3.8, 4) is 23.0 Å². The van der Waals surface area contributed by atoms with Crippen molar-refractivity contribution >= 4 is 21.2 Å². The number of ether oxygens (including phenoxy) is 4. The van der Waals surface area contributed by atoms with E-state index in [1.54, 1.807) is 0 Å². The third kappa shape index (κ3) is 3.22. The highest BCUT2D eigenvalue weighted by Gasteiger charge is 2.24. The molecule has 2 aromatic rings. The monoisotopic (exact) mass is 368 g/mol. The van der Waals surface area contributed by atoms with Crippen molar-refractivity contribution in [2.75, 3.05) is 39.9 Å². The highest BCUT2D eigenvalue weighted by Crippen LogP contribution is 2.40. The lowest BCUT2D eigenvalue weighted by Crippen LogP contribution is -2.07. The van der Waals surface area contributed by atoms with Gasteiger partial charge in [-0.1, -0.05) is 0 Å². The molecule has 0 heterocycles. The maximum atomic E-state index is 13.0. The van der Waals surface area contributed by atoms with E-state index in [1.165, 1.54) is 52.7 Å². The quantitative estimate of drug-likeness (QED) is 0.739. The SMILES string of the molecule is COc1cc(S(=O)(=O)c2cc(OC)c(N)c(OC)c2)cc(OC)c1N. The van der Waals surface area contributed by atoms with Crippen molar-refractivity contribution in [3.63, 3.8) is 0 Å². The van der Waals surface area contributed by atoms with E-state index in [1.807, 2.05) is 0 Å². The van der Waals surface area contributed by atoms with Gasteiger partial charge >= 0.3 is 0 Å². The molecule has 2 rings (SSSR count). The minimum absolute atomic E-state index is 0.0516. The van der Waals surface area contributed by atoms with Gasteiger partial charge in [0.1, 0.15) is 34.4 Å². The Morgan fingerprint density at radius 2 is 0.880 bits per heavy atom. The number of nitrogens with two attached hydrogens (primary N) is 2. The zero-order chi connectivity index (χ0) is 18.8. The summed E-state index contributed by atoms with van der Waals surface area (Å²) in [6, 6.07) is 5.29. The summed E-state index contributed by atoms with van der Waals surface area (Å²) in [7, 11) is 1.61. The van der Waals surface area contributed by atoms with Crippen molar-refractivity contribution in [3.05, 3.63) is 24.3 Å². The number of hydrogen-bond acceptors (Lipinski definition) is 8. The van der Waals surface area contributed by atoms with Gasteiger partial charge in [-0.15, -0.1) is 0 Å². The van der Waals surface area contributed by atoms with Crippen molar-refractivity contribution in [1.82, 2.24) is 0 Å². The second-order valence-corrected chi connectivity index (χ2v) is 6.94. The number of methoxy groups -OCH3 is 4. The van der Waals surface area contributed by atoms with Crippen LogP contribution < -0.4 is 30.4 Å². The molecular weight excluding hydrogens is 348 g/mol. The highest BCUT2D eigenvalue weighted by molar-refractivity contribution is 7.91. The third-order valence-corrected chi connectivity index (χ3v) is 5.37. The Morgan fingerprint density at radius 3 is 1.08 bits per heavy atom. The average molecular weight is 368 g/mol. The Hall–Kier alpha value is -2.81. The summed E-state index contributed by atoms with van der Waals surface area (Å²) in [5.41, 5.74) is 12.1. The van der Waals surface area contributed by atoms with E-state index in [-0.39, 0.29) is 44.2 Å². The molecule has 0 saturated heterocycles. The second-order valence-electron chi connectivity index (χ2n) is 4.99. The molecule has 25 heavy (non-hydrogen) atoms. The predicted molar refractivity (Wildman–Crippen MR) is 93.4 cm³/mol. The van der Waals surface area contributed by atoms with Gasteiger partial charge in [-0.05, 0) is 0 Å². The zero-order valence-corrected chi connectivity index (χ0v) is 15.1. The summed E-state index contributed by atoms with van der Waals surface area (Å²) in [5.74, 6) is 0.749. The first-order valence-electron chi connectivity index (χ1n) is 7.08. The normalized spacial score (nSPS) is 11.0. The molecule has 4 N–H and O–H groups in total. The van der Waals surface area contributed by atoms with Gasteiger partial charge in [0.2, 0.25) is 9.84 Å². The number of rotatable bonds is 6. The number of benzene rings is 2. The Labute approximate surface area is 146 Å². The number of nitrogen functional groups attached to an aromatic ring is 2. The number of sulfone groups is 1. The van der Waals surface area contributed by atoms with E-state index in [0.29, 0.717) is 0 Å². The molecule has 9 heteroatoms. The van der Waals surface area contributed by atoms with Gasteiger partial charge in [-0.2, -0.15) is 0 Å². The van der Waals surface area contributed by atoms with E-state index in [2.05, 4.69) is 0 Å². The average Bonchev–Trinajstić information content (AvgIpc) is 2.61. The van der Waals surface area contributed by atoms with Gasteiger partial charge in [0, 0.05) is 24.3 Å². The summed E-state index contributed by atoms with van der Waals surface area (Å²) in [4.78, 5) is -0.103. The van der Waals surface area contributed by atoms with Crippen LogP contribution in [0.4, 0.5) is 11.4 Å². The minimum Gasteiger partial charge on any atom is -0.494 e. The summed E-state index contributed by atoms with van der Waals surface area (Å²) in [6.07, 6.45) is 0. The van der Waals surface area contributed by atoms with Gasteiger partial charge in [0.05, 0.1) is 38.2 Å².